The van der Waals surface area contributed by atoms with E-state index in [0.717, 1.165) is 0 Å². The van der Waals surface area contributed by atoms with Crippen molar-refractivity contribution in [2.24, 2.45) is 0 Å². The van der Waals surface area contributed by atoms with Gasteiger partial charge in [-0.2, -0.15) is 0 Å². The Labute approximate surface area is 161 Å². The quantitative estimate of drug-likeness (QED) is 0.668. The highest BCUT2D eigenvalue weighted by atomic mass is 32.2. The molecule has 1 heterocycles. The molecule has 1 fully saturated rings. The lowest BCUT2D eigenvalue weighted by molar-refractivity contribution is 0.0724. The fourth-order valence-corrected chi connectivity index (χ4v) is 4.25. The molecular weight excluding hydrogens is 370 g/mol. The summed E-state index contributed by atoms with van der Waals surface area (Å²) in [5, 5.41) is -0.375. The standard InChI is InChI=1S/C19H29NO6S/c1-5-24-16-12-14(13-17(25-6-2)18(16)26-7-3)19(21)20-10-8-15(9-11-20)27(4,22)23/h12-13,15H,5-11H2,1-4H3. The van der Waals surface area contributed by atoms with Gasteiger partial charge < -0.3 is 19.1 Å². The molecule has 0 atom stereocenters. The van der Waals surface area contributed by atoms with E-state index in [0.29, 0.717) is 68.6 Å². The van der Waals surface area contributed by atoms with Gasteiger partial charge in [0.2, 0.25) is 5.75 Å². The van der Waals surface area contributed by atoms with Crippen LogP contribution in [-0.2, 0) is 9.84 Å². The van der Waals surface area contributed by atoms with Crippen molar-refractivity contribution in [3.63, 3.8) is 0 Å². The molecule has 1 saturated heterocycles. The van der Waals surface area contributed by atoms with Crippen LogP contribution in [0.25, 0.3) is 0 Å². The molecule has 0 bridgehead atoms. The fraction of sp³-hybridized carbons (Fsp3) is 0.632. The van der Waals surface area contributed by atoms with Crippen molar-refractivity contribution in [3.8, 4) is 17.2 Å². The first-order valence-corrected chi connectivity index (χ1v) is 11.3. The number of rotatable bonds is 8. The average molecular weight is 400 g/mol. The molecule has 0 spiro atoms. The van der Waals surface area contributed by atoms with Crippen LogP contribution in [-0.4, -0.2) is 63.6 Å². The Bertz CT molecular complexity index is 726. The minimum Gasteiger partial charge on any atom is -0.490 e. The first-order chi connectivity index (χ1) is 12.8. The maximum atomic E-state index is 13.0. The van der Waals surface area contributed by atoms with Gasteiger partial charge in [0.05, 0.1) is 25.1 Å². The van der Waals surface area contributed by atoms with Crippen LogP contribution < -0.4 is 14.2 Å². The number of piperidine rings is 1. The van der Waals surface area contributed by atoms with Crippen molar-refractivity contribution in [2.45, 2.75) is 38.9 Å². The van der Waals surface area contributed by atoms with Gasteiger partial charge in [-0.25, -0.2) is 8.42 Å². The highest BCUT2D eigenvalue weighted by molar-refractivity contribution is 7.91. The number of likely N-dealkylation sites (tertiary alicyclic amines) is 1. The number of carbonyl (C=O) groups is 1. The van der Waals surface area contributed by atoms with Gasteiger partial charge in [-0.1, -0.05) is 0 Å². The van der Waals surface area contributed by atoms with E-state index >= 15 is 0 Å². The van der Waals surface area contributed by atoms with Crippen LogP contribution >= 0.6 is 0 Å². The molecule has 1 amide bonds. The Morgan fingerprint density at radius 3 is 1.89 bits per heavy atom. The predicted octanol–water partition coefficient (Wildman–Crippen LogP) is 2.53. The Balaban J connectivity index is 2.27. The number of nitrogens with zero attached hydrogens (tertiary/aromatic N) is 1. The predicted molar refractivity (Wildman–Crippen MR) is 104 cm³/mol. The van der Waals surface area contributed by atoms with E-state index in [1.54, 1.807) is 17.0 Å². The second kappa shape index (κ2) is 9.30. The molecule has 1 aliphatic rings. The smallest absolute Gasteiger partial charge is 0.254 e. The van der Waals surface area contributed by atoms with E-state index in [4.69, 9.17) is 14.2 Å². The van der Waals surface area contributed by atoms with E-state index in [1.165, 1.54) is 6.26 Å². The molecule has 0 saturated carbocycles. The van der Waals surface area contributed by atoms with Crippen molar-refractivity contribution >= 4 is 15.7 Å². The average Bonchev–Trinajstić information content (AvgIpc) is 2.63. The second-order valence-electron chi connectivity index (χ2n) is 6.42. The van der Waals surface area contributed by atoms with Gasteiger partial charge in [0, 0.05) is 24.9 Å². The number of ether oxygens (including phenoxy) is 3. The first kappa shape index (κ1) is 21.3. The van der Waals surface area contributed by atoms with Crippen molar-refractivity contribution in [2.75, 3.05) is 39.2 Å². The Morgan fingerprint density at radius 1 is 1.00 bits per heavy atom. The van der Waals surface area contributed by atoms with E-state index in [2.05, 4.69) is 0 Å². The summed E-state index contributed by atoms with van der Waals surface area (Å²) in [6.07, 6.45) is 2.17. The molecule has 0 radical (unpaired) electrons. The van der Waals surface area contributed by atoms with Crippen LogP contribution in [0, 0.1) is 0 Å². The third-order valence-electron chi connectivity index (χ3n) is 4.49. The summed E-state index contributed by atoms with van der Waals surface area (Å²) in [7, 11) is -3.07. The van der Waals surface area contributed by atoms with E-state index in [1.807, 2.05) is 20.8 Å². The third kappa shape index (κ3) is 5.28. The van der Waals surface area contributed by atoms with Crippen molar-refractivity contribution in [1.82, 2.24) is 4.90 Å². The summed E-state index contributed by atoms with van der Waals surface area (Å²) in [6, 6.07) is 3.34. The number of hydrogen-bond acceptors (Lipinski definition) is 6. The zero-order chi connectivity index (χ0) is 20.0. The molecule has 1 aromatic carbocycles. The Kier molecular flexibility index (Phi) is 7.35. The second-order valence-corrected chi connectivity index (χ2v) is 8.75. The van der Waals surface area contributed by atoms with Gasteiger partial charge in [0.1, 0.15) is 9.84 Å². The molecule has 0 aromatic heterocycles. The van der Waals surface area contributed by atoms with Crippen molar-refractivity contribution in [3.05, 3.63) is 17.7 Å². The van der Waals surface area contributed by atoms with E-state index < -0.39 is 9.84 Å². The van der Waals surface area contributed by atoms with Crippen LogP contribution in [0.3, 0.4) is 0 Å². The topological polar surface area (TPSA) is 82.1 Å². The number of amides is 1. The van der Waals surface area contributed by atoms with Gasteiger partial charge in [0.15, 0.2) is 11.5 Å². The third-order valence-corrected chi connectivity index (χ3v) is 6.17. The number of hydrogen-bond donors (Lipinski definition) is 0. The molecule has 0 aliphatic carbocycles. The van der Waals surface area contributed by atoms with Gasteiger partial charge in [-0.15, -0.1) is 0 Å². The highest BCUT2D eigenvalue weighted by Crippen LogP contribution is 2.39. The summed E-state index contributed by atoms with van der Waals surface area (Å²) in [6.45, 7) is 7.74. The first-order valence-electron chi connectivity index (χ1n) is 9.36. The maximum absolute atomic E-state index is 13.0. The molecular formula is C19H29NO6S. The number of sulfone groups is 1. The van der Waals surface area contributed by atoms with Gasteiger partial charge >= 0.3 is 0 Å². The van der Waals surface area contributed by atoms with Crippen LogP contribution in [0.1, 0.15) is 44.0 Å². The molecule has 1 aliphatic heterocycles. The van der Waals surface area contributed by atoms with Crippen molar-refractivity contribution < 1.29 is 27.4 Å². The Hall–Kier alpha value is -1.96. The highest BCUT2D eigenvalue weighted by Gasteiger charge is 2.30. The minimum atomic E-state index is -3.07. The van der Waals surface area contributed by atoms with Gasteiger partial charge in [-0.3, -0.25) is 4.79 Å². The fourth-order valence-electron chi connectivity index (χ4n) is 3.18. The zero-order valence-corrected chi connectivity index (χ0v) is 17.3. The van der Waals surface area contributed by atoms with Gasteiger partial charge in [-0.05, 0) is 45.7 Å². The zero-order valence-electron chi connectivity index (χ0n) is 16.5. The van der Waals surface area contributed by atoms with Gasteiger partial charge in [0.25, 0.3) is 5.91 Å². The summed E-state index contributed by atoms with van der Waals surface area (Å²) in [5.74, 6) is 1.28. The molecule has 0 N–H and O–H groups in total. The normalized spacial score (nSPS) is 15.5. The van der Waals surface area contributed by atoms with Crippen LogP contribution in [0.4, 0.5) is 0 Å². The summed E-state index contributed by atoms with van der Waals surface area (Å²) < 4.78 is 40.4. The molecule has 1 aromatic rings. The molecule has 0 unspecified atom stereocenters. The molecule has 2 rings (SSSR count). The summed E-state index contributed by atoms with van der Waals surface area (Å²) in [5.41, 5.74) is 0.447. The van der Waals surface area contributed by atoms with Crippen molar-refractivity contribution in [1.29, 1.82) is 0 Å². The monoisotopic (exact) mass is 399 g/mol. The summed E-state index contributed by atoms with van der Waals surface area (Å²) in [4.78, 5) is 14.6. The van der Waals surface area contributed by atoms with Crippen LogP contribution in [0.15, 0.2) is 12.1 Å². The molecule has 152 valence electrons. The summed E-state index contributed by atoms with van der Waals surface area (Å²) >= 11 is 0. The maximum Gasteiger partial charge on any atom is 0.254 e. The van der Waals surface area contributed by atoms with Crippen LogP contribution in [0.2, 0.25) is 0 Å². The molecule has 7 nitrogen and oxygen atoms in total. The Morgan fingerprint density at radius 2 is 1.48 bits per heavy atom. The van der Waals surface area contributed by atoms with E-state index in [-0.39, 0.29) is 11.2 Å². The molecule has 8 heteroatoms. The lowest BCUT2D eigenvalue weighted by Crippen LogP contribution is -2.42. The van der Waals surface area contributed by atoms with Crippen LogP contribution in [0.5, 0.6) is 17.2 Å². The van der Waals surface area contributed by atoms with E-state index in [9.17, 15) is 13.2 Å². The molecule has 27 heavy (non-hydrogen) atoms. The SMILES string of the molecule is CCOc1cc(C(=O)N2CCC(S(C)(=O)=O)CC2)cc(OCC)c1OCC. The lowest BCUT2D eigenvalue weighted by atomic mass is 10.1. The number of benzene rings is 1. The largest absolute Gasteiger partial charge is 0.490 e. The number of carbonyl (C=O) groups excluding carboxylic acids is 1. The minimum absolute atomic E-state index is 0.160. The lowest BCUT2D eigenvalue weighted by Gasteiger charge is -2.31.